The number of ketones is 1. The van der Waals surface area contributed by atoms with Gasteiger partial charge in [-0.25, -0.2) is 0 Å². The van der Waals surface area contributed by atoms with Gasteiger partial charge in [0.05, 0.1) is 5.69 Å². The highest BCUT2D eigenvalue weighted by atomic mass is 19.4. The molecule has 0 bridgehead atoms. The Hall–Kier alpha value is -3.50. The summed E-state index contributed by atoms with van der Waals surface area (Å²) in [5.74, 6) is -1.42. The van der Waals surface area contributed by atoms with Crippen molar-refractivity contribution in [2.24, 2.45) is 5.92 Å². The van der Waals surface area contributed by atoms with Gasteiger partial charge in [0.1, 0.15) is 5.82 Å². The predicted molar refractivity (Wildman–Crippen MR) is 106 cm³/mol. The first-order chi connectivity index (χ1) is 14.7. The molecule has 0 atom stereocenters. The van der Waals surface area contributed by atoms with Crippen molar-refractivity contribution in [1.82, 2.24) is 19.8 Å². The van der Waals surface area contributed by atoms with Crippen molar-refractivity contribution in [3.63, 3.8) is 0 Å². The van der Waals surface area contributed by atoms with E-state index in [4.69, 9.17) is 0 Å². The third kappa shape index (κ3) is 4.21. The van der Waals surface area contributed by atoms with Crippen LogP contribution in [-0.2, 0) is 11.0 Å². The summed E-state index contributed by atoms with van der Waals surface area (Å²) >= 11 is 0. The molecule has 1 fully saturated rings. The first kappa shape index (κ1) is 20.8. The molecule has 0 saturated carbocycles. The monoisotopic (exact) mass is 432 g/mol. The molecule has 3 aromatic rings. The standard InChI is InChI=1S/C20H19F3N6O2/c1-12(30)14-4-2-3-5-15(14)24-18(31)13-8-10-28(11-9-13)17-7-6-16-25-26-19(20(21,22)23)29(16)27-17/h2-7,13H,8-11H2,1H3,(H,24,31). The van der Waals surface area contributed by atoms with Crippen molar-refractivity contribution >= 4 is 28.8 Å². The number of hydrogen-bond donors (Lipinski definition) is 1. The van der Waals surface area contributed by atoms with E-state index in [9.17, 15) is 22.8 Å². The van der Waals surface area contributed by atoms with Crippen LogP contribution in [0.2, 0.25) is 0 Å². The molecule has 0 aliphatic carbocycles. The smallest absolute Gasteiger partial charge is 0.355 e. The molecule has 1 saturated heterocycles. The molecular formula is C20H19F3N6O2. The van der Waals surface area contributed by atoms with Crippen molar-refractivity contribution in [3.05, 3.63) is 47.8 Å². The summed E-state index contributed by atoms with van der Waals surface area (Å²) < 4.78 is 39.9. The number of nitrogens with one attached hydrogen (secondary N) is 1. The molecule has 1 aliphatic rings. The second-order valence-corrected chi connectivity index (χ2v) is 7.34. The van der Waals surface area contributed by atoms with Gasteiger partial charge < -0.3 is 10.2 Å². The Labute approximate surface area is 175 Å². The Morgan fingerprint density at radius 1 is 1.06 bits per heavy atom. The fourth-order valence-electron chi connectivity index (χ4n) is 3.63. The number of benzene rings is 1. The summed E-state index contributed by atoms with van der Waals surface area (Å²) in [6.45, 7) is 2.34. The Morgan fingerprint density at radius 3 is 2.45 bits per heavy atom. The van der Waals surface area contributed by atoms with Gasteiger partial charge in [0, 0.05) is 24.6 Å². The third-order valence-corrected chi connectivity index (χ3v) is 5.26. The van der Waals surface area contributed by atoms with E-state index in [2.05, 4.69) is 20.6 Å². The van der Waals surface area contributed by atoms with E-state index in [0.717, 1.165) is 0 Å². The Bertz CT molecular complexity index is 1140. The topological polar surface area (TPSA) is 92.5 Å². The number of aromatic nitrogens is 4. The van der Waals surface area contributed by atoms with Gasteiger partial charge in [0.2, 0.25) is 5.91 Å². The first-order valence-corrected chi connectivity index (χ1v) is 9.69. The number of carbonyl (C=O) groups excluding carboxylic acids is 2. The molecule has 11 heteroatoms. The Morgan fingerprint density at radius 2 is 1.77 bits per heavy atom. The number of anilines is 2. The van der Waals surface area contributed by atoms with Gasteiger partial charge in [-0.15, -0.1) is 15.3 Å². The highest BCUT2D eigenvalue weighted by Crippen LogP contribution is 2.29. The maximum atomic E-state index is 13.1. The molecule has 1 N–H and O–H groups in total. The van der Waals surface area contributed by atoms with Gasteiger partial charge in [0.15, 0.2) is 11.4 Å². The van der Waals surface area contributed by atoms with Crippen LogP contribution in [0.5, 0.6) is 0 Å². The van der Waals surface area contributed by atoms with Gasteiger partial charge in [-0.2, -0.15) is 17.7 Å². The van der Waals surface area contributed by atoms with Crippen molar-refractivity contribution in [3.8, 4) is 0 Å². The molecule has 2 aromatic heterocycles. The summed E-state index contributed by atoms with van der Waals surface area (Å²) in [4.78, 5) is 26.2. The zero-order chi connectivity index (χ0) is 22.2. The zero-order valence-corrected chi connectivity index (χ0v) is 16.6. The highest BCUT2D eigenvalue weighted by molar-refractivity contribution is 6.04. The van der Waals surface area contributed by atoms with Crippen LogP contribution in [0.15, 0.2) is 36.4 Å². The van der Waals surface area contributed by atoms with E-state index < -0.39 is 12.0 Å². The maximum Gasteiger partial charge on any atom is 0.453 e. The molecule has 1 aliphatic heterocycles. The normalized spacial score (nSPS) is 15.3. The van der Waals surface area contributed by atoms with Gasteiger partial charge >= 0.3 is 6.18 Å². The molecule has 4 rings (SSSR count). The fourth-order valence-corrected chi connectivity index (χ4v) is 3.63. The molecule has 8 nitrogen and oxygen atoms in total. The van der Waals surface area contributed by atoms with Crippen LogP contribution in [0, 0.1) is 5.92 Å². The van der Waals surface area contributed by atoms with E-state index in [1.54, 1.807) is 30.3 Å². The van der Waals surface area contributed by atoms with Crippen molar-refractivity contribution in [2.75, 3.05) is 23.3 Å². The second-order valence-electron chi connectivity index (χ2n) is 7.34. The molecular weight excluding hydrogens is 413 g/mol. The average Bonchev–Trinajstić information content (AvgIpc) is 3.18. The summed E-state index contributed by atoms with van der Waals surface area (Å²) in [6, 6.07) is 9.83. The van der Waals surface area contributed by atoms with E-state index in [1.165, 1.54) is 13.0 Å². The van der Waals surface area contributed by atoms with Crippen molar-refractivity contribution in [1.29, 1.82) is 0 Å². The van der Waals surface area contributed by atoms with E-state index in [1.807, 2.05) is 4.90 Å². The van der Waals surface area contributed by atoms with Gasteiger partial charge in [-0.3, -0.25) is 9.59 Å². The molecule has 162 valence electrons. The SMILES string of the molecule is CC(=O)c1ccccc1NC(=O)C1CCN(c2ccc3nnc(C(F)(F)F)n3n2)CC1. The number of rotatable bonds is 4. The fraction of sp³-hybridized carbons (Fsp3) is 0.350. The summed E-state index contributed by atoms with van der Waals surface area (Å²) in [5.41, 5.74) is 0.927. The van der Waals surface area contributed by atoms with E-state index >= 15 is 0 Å². The van der Waals surface area contributed by atoms with Gasteiger partial charge in [0.25, 0.3) is 5.82 Å². The lowest BCUT2D eigenvalue weighted by Crippen LogP contribution is -2.39. The van der Waals surface area contributed by atoms with Crippen LogP contribution in [0.4, 0.5) is 24.7 Å². The summed E-state index contributed by atoms with van der Waals surface area (Å²) in [6.07, 6.45) is -3.66. The van der Waals surface area contributed by atoms with E-state index in [0.29, 0.717) is 47.5 Å². The molecule has 0 spiro atoms. The number of carbonyl (C=O) groups is 2. The molecule has 0 radical (unpaired) electrons. The number of amides is 1. The lowest BCUT2D eigenvalue weighted by molar-refractivity contribution is -0.146. The number of Topliss-reactive ketones (excluding diaryl/α,β-unsaturated/α-hetero) is 1. The van der Waals surface area contributed by atoms with Crippen LogP contribution < -0.4 is 10.2 Å². The molecule has 1 amide bonds. The molecule has 1 aromatic carbocycles. The number of para-hydroxylation sites is 1. The first-order valence-electron chi connectivity index (χ1n) is 9.69. The van der Waals surface area contributed by atoms with E-state index in [-0.39, 0.29) is 23.3 Å². The minimum atomic E-state index is -4.66. The summed E-state index contributed by atoms with van der Waals surface area (Å²) in [7, 11) is 0. The number of fused-ring (bicyclic) bond motifs is 1. The molecule has 3 heterocycles. The predicted octanol–water partition coefficient (Wildman–Crippen LogP) is 3.20. The van der Waals surface area contributed by atoms with Gasteiger partial charge in [-0.05, 0) is 44.0 Å². The van der Waals surface area contributed by atoms with Gasteiger partial charge in [-0.1, -0.05) is 12.1 Å². The zero-order valence-electron chi connectivity index (χ0n) is 16.6. The average molecular weight is 432 g/mol. The number of halogens is 3. The van der Waals surface area contributed by atoms with Crippen molar-refractivity contribution in [2.45, 2.75) is 25.9 Å². The maximum absolute atomic E-state index is 13.1. The second kappa shape index (κ2) is 7.97. The number of alkyl halides is 3. The van der Waals surface area contributed by atoms with Crippen LogP contribution in [0.1, 0.15) is 35.9 Å². The summed E-state index contributed by atoms with van der Waals surface area (Å²) in [5, 5.41) is 13.6. The minimum absolute atomic E-state index is 0.00877. The van der Waals surface area contributed by atoms with Crippen LogP contribution in [0.25, 0.3) is 5.65 Å². The number of piperidine rings is 1. The third-order valence-electron chi connectivity index (χ3n) is 5.26. The Kier molecular flexibility index (Phi) is 5.34. The molecule has 0 unspecified atom stereocenters. The van der Waals surface area contributed by atoms with Crippen LogP contribution in [-0.4, -0.2) is 44.6 Å². The molecule has 31 heavy (non-hydrogen) atoms. The highest BCUT2D eigenvalue weighted by Gasteiger charge is 2.38. The quantitative estimate of drug-likeness (QED) is 0.637. The van der Waals surface area contributed by atoms with Crippen LogP contribution >= 0.6 is 0 Å². The number of hydrogen-bond acceptors (Lipinski definition) is 6. The number of nitrogens with zero attached hydrogens (tertiary/aromatic N) is 5. The Balaban J connectivity index is 1.44. The minimum Gasteiger partial charge on any atom is -0.355 e. The van der Waals surface area contributed by atoms with Crippen LogP contribution in [0.3, 0.4) is 0 Å². The largest absolute Gasteiger partial charge is 0.453 e. The lowest BCUT2D eigenvalue weighted by atomic mass is 9.95. The lowest BCUT2D eigenvalue weighted by Gasteiger charge is -2.32. The van der Waals surface area contributed by atoms with Crippen molar-refractivity contribution < 1.29 is 22.8 Å².